The molecule has 0 radical (unpaired) electrons. The number of nitrogens with zero attached hydrogens (tertiary/aromatic N) is 2. The van der Waals surface area contributed by atoms with E-state index < -0.39 is 17.7 Å². The first-order valence-electron chi connectivity index (χ1n) is 14.6. The SMILES string of the molecule is CC.CCN(Cc1cc(C2CCc3ccc(C[C@H](C)C(=O)O)cc3O2)ccc1-c1cc(OC)ncc1F)C(C)(C)C. The molecule has 0 aliphatic carbocycles. The van der Waals surface area contributed by atoms with Gasteiger partial charge in [-0.1, -0.05) is 58.0 Å². The number of carbonyl (C=O) groups is 1. The second-order valence-corrected chi connectivity index (χ2v) is 11.3. The Bertz CT molecular complexity index is 1330. The summed E-state index contributed by atoms with van der Waals surface area (Å²) in [6, 6.07) is 13.8. The second kappa shape index (κ2) is 13.9. The fraction of sp³-hybridized carbons (Fsp3) is 0.471. The highest BCUT2D eigenvalue weighted by Gasteiger charge is 2.26. The highest BCUT2D eigenvalue weighted by Crippen LogP contribution is 2.38. The Kier molecular flexibility index (Phi) is 10.9. The number of fused-ring (bicyclic) bond motifs is 1. The van der Waals surface area contributed by atoms with Crippen LogP contribution in [0.3, 0.4) is 0 Å². The number of aromatic nitrogens is 1. The molecule has 0 amide bonds. The Hall–Kier alpha value is -3.45. The number of rotatable bonds is 9. The largest absolute Gasteiger partial charge is 0.485 e. The highest BCUT2D eigenvalue weighted by atomic mass is 19.1. The third-order valence-corrected chi connectivity index (χ3v) is 7.56. The number of carboxylic acid groups (broad SMARTS) is 1. The minimum atomic E-state index is -0.807. The first-order valence-corrected chi connectivity index (χ1v) is 14.6. The summed E-state index contributed by atoms with van der Waals surface area (Å²) >= 11 is 0. The zero-order chi connectivity index (χ0) is 30.3. The van der Waals surface area contributed by atoms with Crippen LogP contribution in [0.15, 0.2) is 48.7 Å². The molecular formula is C34H45FN2O4. The van der Waals surface area contributed by atoms with Gasteiger partial charge >= 0.3 is 5.97 Å². The van der Waals surface area contributed by atoms with Crippen molar-refractivity contribution in [3.05, 3.63) is 76.7 Å². The molecule has 2 atom stereocenters. The van der Waals surface area contributed by atoms with E-state index in [9.17, 15) is 9.90 Å². The van der Waals surface area contributed by atoms with Crippen molar-refractivity contribution in [2.45, 2.75) is 85.9 Å². The molecule has 41 heavy (non-hydrogen) atoms. The van der Waals surface area contributed by atoms with Crippen molar-refractivity contribution >= 4 is 5.97 Å². The molecular weight excluding hydrogens is 519 g/mol. The molecule has 0 saturated heterocycles. The first kappa shape index (κ1) is 32.1. The van der Waals surface area contributed by atoms with Crippen LogP contribution in [0.1, 0.15) is 83.2 Å². The average Bonchev–Trinajstić information content (AvgIpc) is 2.96. The molecule has 4 rings (SSSR count). The number of hydrogen-bond donors (Lipinski definition) is 1. The van der Waals surface area contributed by atoms with Crippen LogP contribution in [0.2, 0.25) is 0 Å². The lowest BCUT2D eigenvalue weighted by molar-refractivity contribution is -0.141. The molecule has 1 aliphatic rings. The Labute approximate surface area is 244 Å². The van der Waals surface area contributed by atoms with Crippen LogP contribution in [0.25, 0.3) is 11.1 Å². The molecule has 0 bridgehead atoms. The van der Waals surface area contributed by atoms with Crippen molar-refractivity contribution in [3.8, 4) is 22.8 Å². The summed E-state index contributed by atoms with van der Waals surface area (Å²) in [5, 5.41) is 9.31. The third-order valence-electron chi connectivity index (χ3n) is 7.56. The number of benzene rings is 2. The van der Waals surface area contributed by atoms with Crippen LogP contribution in [0, 0.1) is 11.7 Å². The summed E-state index contributed by atoms with van der Waals surface area (Å²) in [4.78, 5) is 17.7. The zero-order valence-corrected chi connectivity index (χ0v) is 25.8. The lowest BCUT2D eigenvalue weighted by atomic mass is 9.91. The van der Waals surface area contributed by atoms with Gasteiger partial charge in [0.1, 0.15) is 17.7 Å². The second-order valence-electron chi connectivity index (χ2n) is 11.3. The van der Waals surface area contributed by atoms with Crippen LogP contribution in [-0.2, 0) is 24.2 Å². The molecule has 1 aliphatic heterocycles. The fourth-order valence-electron chi connectivity index (χ4n) is 5.19. The van der Waals surface area contributed by atoms with E-state index in [0.717, 1.165) is 53.0 Å². The standard InChI is InChI=1S/C32H39FN2O4.C2H6/c1-7-35(32(3,4)5)19-24-16-23(10-12-25(24)26-17-30(38-6)34-18-27(26)33)28-13-11-22-9-8-21(15-29(22)39-28)14-20(2)31(36)37;1-2/h8-10,12,15-18,20,28H,7,11,13-14,19H2,1-6H3,(H,36,37);1-2H3/t20-,28?;/m0./s1. The van der Waals surface area contributed by atoms with E-state index in [1.165, 1.54) is 13.3 Å². The van der Waals surface area contributed by atoms with Crippen molar-refractivity contribution < 1.29 is 23.8 Å². The number of methoxy groups -OCH3 is 1. The maximum Gasteiger partial charge on any atom is 0.306 e. The van der Waals surface area contributed by atoms with Gasteiger partial charge in [-0.25, -0.2) is 9.37 Å². The number of carboxylic acids is 1. The monoisotopic (exact) mass is 564 g/mol. The average molecular weight is 565 g/mol. The maximum absolute atomic E-state index is 15.0. The van der Waals surface area contributed by atoms with Crippen molar-refractivity contribution in [1.82, 2.24) is 9.88 Å². The minimum Gasteiger partial charge on any atom is -0.485 e. The fourth-order valence-corrected chi connectivity index (χ4v) is 5.19. The van der Waals surface area contributed by atoms with E-state index in [-0.39, 0.29) is 11.6 Å². The van der Waals surface area contributed by atoms with E-state index in [0.29, 0.717) is 24.4 Å². The molecule has 6 nitrogen and oxygen atoms in total. The van der Waals surface area contributed by atoms with Crippen molar-refractivity contribution in [1.29, 1.82) is 0 Å². The molecule has 1 N–H and O–H groups in total. The Morgan fingerprint density at radius 1 is 1.17 bits per heavy atom. The van der Waals surface area contributed by atoms with Gasteiger partial charge in [0, 0.05) is 23.7 Å². The molecule has 1 unspecified atom stereocenters. The molecule has 0 spiro atoms. The maximum atomic E-state index is 15.0. The highest BCUT2D eigenvalue weighted by molar-refractivity contribution is 5.70. The van der Waals surface area contributed by atoms with Gasteiger partial charge < -0.3 is 14.6 Å². The van der Waals surface area contributed by atoms with E-state index in [2.05, 4.69) is 43.6 Å². The summed E-state index contributed by atoms with van der Waals surface area (Å²) in [6.07, 6.45) is 3.20. The summed E-state index contributed by atoms with van der Waals surface area (Å²) in [5.74, 6) is -0.492. The molecule has 222 valence electrons. The summed E-state index contributed by atoms with van der Waals surface area (Å²) in [5.41, 5.74) is 5.32. The predicted molar refractivity (Wildman–Crippen MR) is 162 cm³/mol. The summed E-state index contributed by atoms with van der Waals surface area (Å²) in [7, 11) is 1.53. The Balaban J connectivity index is 0.00000226. The molecule has 0 saturated carbocycles. The van der Waals surface area contributed by atoms with Gasteiger partial charge in [-0.05, 0) is 80.5 Å². The Morgan fingerprint density at radius 3 is 2.54 bits per heavy atom. The topological polar surface area (TPSA) is 71.9 Å². The van der Waals surface area contributed by atoms with E-state index in [1.54, 1.807) is 13.0 Å². The quantitative estimate of drug-likeness (QED) is 0.285. The van der Waals surface area contributed by atoms with Crippen LogP contribution in [-0.4, -0.2) is 40.2 Å². The predicted octanol–water partition coefficient (Wildman–Crippen LogP) is 7.87. The number of hydrogen-bond acceptors (Lipinski definition) is 5. The Morgan fingerprint density at radius 2 is 1.90 bits per heavy atom. The number of halogens is 1. The number of aliphatic carboxylic acids is 1. The summed E-state index contributed by atoms with van der Waals surface area (Å²) < 4.78 is 26.8. The van der Waals surface area contributed by atoms with Gasteiger partial charge in [0.15, 0.2) is 0 Å². The van der Waals surface area contributed by atoms with E-state index >= 15 is 4.39 Å². The van der Waals surface area contributed by atoms with Crippen LogP contribution >= 0.6 is 0 Å². The van der Waals surface area contributed by atoms with Crippen LogP contribution in [0.5, 0.6) is 11.6 Å². The number of aryl methyl sites for hydroxylation is 1. The smallest absolute Gasteiger partial charge is 0.306 e. The molecule has 1 aromatic heterocycles. The van der Waals surface area contributed by atoms with Crippen LogP contribution < -0.4 is 9.47 Å². The van der Waals surface area contributed by atoms with Gasteiger partial charge in [-0.15, -0.1) is 0 Å². The number of ether oxygens (including phenoxy) is 2. The molecule has 2 heterocycles. The molecule has 0 fully saturated rings. The van der Waals surface area contributed by atoms with Crippen LogP contribution in [0.4, 0.5) is 4.39 Å². The normalized spacial score (nSPS) is 15.3. The zero-order valence-electron chi connectivity index (χ0n) is 25.8. The van der Waals surface area contributed by atoms with Gasteiger partial charge in [0.25, 0.3) is 0 Å². The van der Waals surface area contributed by atoms with Crippen molar-refractivity contribution in [2.24, 2.45) is 5.92 Å². The van der Waals surface area contributed by atoms with E-state index in [4.69, 9.17) is 9.47 Å². The minimum absolute atomic E-state index is 0.0692. The van der Waals surface area contributed by atoms with Gasteiger partial charge in [-0.2, -0.15) is 0 Å². The van der Waals surface area contributed by atoms with Crippen molar-refractivity contribution in [3.63, 3.8) is 0 Å². The van der Waals surface area contributed by atoms with E-state index in [1.807, 2.05) is 44.2 Å². The van der Waals surface area contributed by atoms with Gasteiger partial charge in [-0.3, -0.25) is 9.69 Å². The first-order chi connectivity index (χ1) is 19.5. The lowest BCUT2D eigenvalue weighted by Crippen LogP contribution is -2.40. The van der Waals surface area contributed by atoms with Gasteiger partial charge in [0.05, 0.1) is 19.2 Å². The molecule has 2 aromatic carbocycles. The van der Waals surface area contributed by atoms with Gasteiger partial charge in [0.2, 0.25) is 5.88 Å². The number of pyridine rings is 1. The third kappa shape index (κ3) is 7.85. The van der Waals surface area contributed by atoms with Crippen molar-refractivity contribution in [2.75, 3.05) is 13.7 Å². The molecule has 3 aromatic rings. The lowest BCUT2D eigenvalue weighted by Gasteiger charge is -2.35. The molecule has 7 heteroatoms. The summed E-state index contributed by atoms with van der Waals surface area (Å²) in [6.45, 7) is 15.9.